The van der Waals surface area contributed by atoms with Crippen molar-refractivity contribution < 1.29 is 0 Å². The summed E-state index contributed by atoms with van der Waals surface area (Å²) in [6, 6.07) is 0.709. The Labute approximate surface area is 141 Å². The molecule has 0 spiro atoms. The van der Waals surface area contributed by atoms with Crippen molar-refractivity contribution in [3.63, 3.8) is 0 Å². The lowest BCUT2D eigenvalue weighted by Crippen LogP contribution is -2.33. The molecule has 2 aromatic rings. The molecular formula is C16H23ClN6. The van der Waals surface area contributed by atoms with E-state index in [1.165, 1.54) is 0 Å². The van der Waals surface area contributed by atoms with Crippen LogP contribution < -0.4 is 11.1 Å². The van der Waals surface area contributed by atoms with E-state index in [4.69, 9.17) is 17.3 Å². The second-order valence-electron chi connectivity index (χ2n) is 6.13. The Morgan fingerprint density at radius 3 is 2.74 bits per heavy atom. The zero-order chi connectivity index (χ0) is 16.4. The van der Waals surface area contributed by atoms with E-state index in [1.807, 2.05) is 17.9 Å². The van der Waals surface area contributed by atoms with Crippen molar-refractivity contribution in [2.75, 3.05) is 5.32 Å². The maximum Gasteiger partial charge on any atom is 0.223 e. The highest BCUT2D eigenvalue weighted by Crippen LogP contribution is 2.29. The number of nitrogens with two attached hydrogens (primary N) is 1. The molecule has 124 valence electrons. The molecule has 1 saturated carbocycles. The molecule has 1 aliphatic carbocycles. The van der Waals surface area contributed by atoms with E-state index in [0.29, 0.717) is 23.1 Å². The summed E-state index contributed by atoms with van der Waals surface area (Å²) >= 11 is 6.32. The highest BCUT2D eigenvalue weighted by molar-refractivity contribution is 6.32. The van der Waals surface area contributed by atoms with Crippen molar-refractivity contribution in [2.24, 2.45) is 12.8 Å². The fraction of sp³-hybridized carbons (Fsp3) is 0.562. The van der Waals surface area contributed by atoms with Gasteiger partial charge in [-0.1, -0.05) is 18.5 Å². The number of hydrogen-bond donors (Lipinski definition) is 2. The summed E-state index contributed by atoms with van der Waals surface area (Å²) in [4.78, 5) is 8.97. The van der Waals surface area contributed by atoms with E-state index in [-0.39, 0.29) is 0 Å². The fourth-order valence-corrected chi connectivity index (χ4v) is 3.34. The van der Waals surface area contributed by atoms with Gasteiger partial charge in [0.25, 0.3) is 0 Å². The van der Waals surface area contributed by atoms with Crippen LogP contribution in [0.25, 0.3) is 11.3 Å². The molecule has 0 bridgehead atoms. The van der Waals surface area contributed by atoms with Crippen LogP contribution in [0.15, 0.2) is 12.4 Å². The van der Waals surface area contributed by atoms with Crippen LogP contribution in [-0.2, 0) is 13.5 Å². The lowest BCUT2D eigenvalue weighted by molar-refractivity contribution is 0.410. The maximum absolute atomic E-state index is 6.32. The number of hydrogen-bond acceptors (Lipinski definition) is 5. The number of aromatic nitrogens is 4. The van der Waals surface area contributed by atoms with Gasteiger partial charge in [-0.15, -0.1) is 0 Å². The predicted molar refractivity (Wildman–Crippen MR) is 92.5 cm³/mol. The van der Waals surface area contributed by atoms with Gasteiger partial charge >= 0.3 is 0 Å². The third kappa shape index (κ3) is 3.48. The molecule has 6 nitrogen and oxygen atoms in total. The van der Waals surface area contributed by atoms with Gasteiger partial charge in [0, 0.05) is 30.4 Å². The third-order valence-electron chi connectivity index (χ3n) is 4.50. The van der Waals surface area contributed by atoms with Crippen LogP contribution in [-0.4, -0.2) is 31.8 Å². The second-order valence-corrected chi connectivity index (χ2v) is 6.54. The molecule has 1 aliphatic rings. The number of nitrogens with one attached hydrogen (secondary N) is 1. The van der Waals surface area contributed by atoms with Gasteiger partial charge in [0.2, 0.25) is 5.95 Å². The summed E-state index contributed by atoms with van der Waals surface area (Å²) < 4.78 is 1.86. The topological polar surface area (TPSA) is 81.7 Å². The summed E-state index contributed by atoms with van der Waals surface area (Å²) in [7, 11) is 1.93. The van der Waals surface area contributed by atoms with Gasteiger partial charge in [0.05, 0.1) is 23.1 Å². The largest absolute Gasteiger partial charge is 0.351 e. The average molecular weight is 335 g/mol. The molecule has 0 amide bonds. The zero-order valence-corrected chi connectivity index (χ0v) is 14.3. The molecule has 0 saturated heterocycles. The van der Waals surface area contributed by atoms with Crippen LogP contribution in [0.5, 0.6) is 0 Å². The molecule has 0 aliphatic heterocycles. The summed E-state index contributed by atoms with van der Waals surface area (Å²) in [6.07, 6.45) is 8.53. The van der Waals surface area contributed by atoms with E-state index in [2.05, 4.69) is 27.3 Å². The summed E-state index contributed by atoms with van der Waals surface area (Å²) in [5, 5.41) is 8.29. The van der Waals surface area contributed by atoms with E-state index >= 15 is 0 Å². The number of anilines is 1. The minimum absolute atomic E-state index is 0.331. The van der Waals surface area contributed by atoms with Gasteiger partial charge in [0.15, 0.2) is 0 Å². The van der Waals surface area contributed by atoms with Crippen molar-refractivity contribution in [3.8, 4) is 11.3 Å². The molecule has 0 aromatic carbocycles. The van der Waals surface area contributed by atoms with Gasteiger partial charge in [-0.2, -0.15) is 5.10 Å². The summed E-state index contributed by atoms with van der Waals surface area (Å²) in [5.74, 6) is 0.621. The highest BCUT2D eigenvalue weighted by atomic mass is 35.5. The van der Waals surface area contributed by atoms with Crippen LogP contribution in [0.4, 0.5) is 5.95 Å². The van der Waals surface area contributed by atoms with Crippen molar-refractivity contribution in [3.05, 3.63) is 23.1 Å². The first-order chi connectivity index (χ1) is 11.1. The van der Waals surface area contributed by atoms with Gasteiger partial charge in [-0.3, -0.25) is 4.68 Å². The van der Waals surface area contributed by atoms with Crippen LogP contribution in [0.3, 0.4) is 0 Å². The van der Waals surface area contributed by atoms with Crippen LogP contribution in [0, 0.1) is 0 Å². The minimum atomic E-state index is 0.331. The molecular weight excluding hydrogens is 312 g/mol. The smallest absolute Gasteiger partial charge is 0.223 e. The van der Waals surface area contributed by atoms with E-state index in [0.717, 1.165) is 49.1 Å². The molecule has 23 heavy (non-hydrogen) atoms. The molecule has 3 rings (SSSR count). The summed E-state index contributed by atoms with van der Waals surface area (Å²) in [5.41, 5.74) is 8.78. The highest BCUT2D eigenvalue weighted by Gasteiger charge is 2.20. The fourth-order valence-electron chi connectivity index (χ4n) is 3.15. The Hall–Kier alpha value is -1.66. The molecule has 1 fully saturated rings. The number of rotatable bonds is 4. The Bertz CT molecular complexity index is 675. The van der Waals surface area contributed by atoms with Crippen LogP contribution >= 0.6 is 11.6 Å². The van der Waals surface area contributed by atoms with Gasteiger partial charge in [-0.05, 0) is 32.1 Å². The third-order valence-corrected chi connectivity index (χ3v) is 4.78. The van der Waals surface area contributed by atoms with Gasteiger partial charge in [0.1, 0.15) is 0 Å². The monoisotopic (exact) mass is 334 g/mol. The quantitative estimate of drug-likeness (QED) is 0.898. The predicted octanol–water partition coefficient (Wildman–Crippen LogP) is 2.77. The Morgan fingerprint density at radius 1 is 1.30 bits per heavy atom. The van der Waals surface area contributed by atoms with E-state index in [1.54, 1.807) is 6.20 Å². The van der Waals surface area contributed by atoms with E-state index < -0.39 is 0 Å². The van der Waals surface area contributed by atoms with Crippen LogP contribution in [0.1, 0.15) is 38.3 Å². The zero-order valence-electron chi connectivity index (χ0n) is 13.6. The Morgan fingerprint density at radius 2 is 2.04 bits per heavy atom. The molecule has 0 radical (unpaired) electrons. The number of aryl methyl sites for hydroxylation is 1. The van der Waals surface area contributed by atoms with Crippen molar-refractivity contribution >= 4 is 17.5 Å². The minimum Gasteiger partial charge on any atom is -0.351 e. The summed E-state index contributed by atoms with van der Waals surface area (Å²) in [6.45, 7) is 2.10. The average Bonchev–Trinajstić information content (AvgIpc) is 2.92. The first kappa shape index (κ1) is 16.2. The molecule has 2 aromatic heterocycles. The van der Waals surface area contributed by atoms with Crippen molar-refractivity contribution in [1.82, 2.24) is 19.7 Å². The lowest BCUT2D eigenvalue weighted by Gasteiger charge is -2.26. The van der Waals surface area contributed by atoms with E-state index in [9.17, 15) is 0 Å². The number of halogens is 1. The first-order valence-electron chi connectivity index (χ1n) is 8.14. The first-order valence-corrected chi connectivity index (χ1v) is 8.52. The molecule has 0 atom stereocenters. The van der Waals surface area contributed by atoms with Crippen LogP contribution in [0.2, 0.25) is 5.02 Å². The lowest BCUT2D eigenvalue weighted by atomic mass is 9.92. The van der Waals surface area contributed by atoms with Crippen molar-refractivity contribution in [1.29, 1.82) is 0 Å². The van der Waals surface area contributed by atoms with Gasteiger partial charge in [-0.25, -0.2) is 9.97 Å². The standard InChI is InChI=1S/C16H23ClN6/c1-3-14-12(8-20-23(14)2)15-13(17)9-19-16(22-15)21-11-6-4-10(18)5-7-11/h8-11H,3-7,18H2,1-2H3,(H,19,21,22)/t10-,11-. The number of nitrogens with zero attached hydrogens (tertiary/aromatic N) is 4. The SMILES string of the molecule is CCc1c(-c2nc(N[C@H]3CC[C@H](N)CC3)ncc2Cl)cnn1C. The maximum atomic E-state index is 6.32. The Balaban J connectivity index is 1.84. The van der Waals surface area contributed by atoms with Crippen molar-refractivity contribution in [2.45, 2.75) is 51.1 Å². The Kier molecular flexibility index (Phi) is 4.82. The molecule has 7 heteroatoms. The molecule has 3 N–H and O–H groups in total. The van der Waals surface area contributed by atoms with Gasteiger partial charge < -0.3 is 11.1 Å². The normalized spacial score (nSPS) is 21.4. The molecule has 0 unspecified atom stereocenters. The second kappa shape index (κ2) is 6.84. The molecule has 2 heterocycles.